The molecule has 0 bridgehead atoms. The summed E-state index contributed by atoms with van der Waals surface area (Å²) in [5.74, 6) is 0.242. The molecule has 1 aliphatic rings. The minimum absolute atomic E-state index is 0.0533. The molecule has 1 aromatic carbocycles. The molecule has 28 heavy (non-hydrogen) atoms. The van der Waals surface area contributed by atoms with E-state index in [4.69, 9.17) is 4.52 Å². The molecule has 2 aromatic rings. The molecule has 0 saturated carbocycles. The lowest BCUT2D eigenvalue weighted by atomic mass is 10.1. The van der Waals surface area contributed by atoms with Gasteiger partial charge in [-0.1, -0.05) is 17.3 Å². The fourth-order valence-electron chi connectivity index (χ4n) is 3.24. The van der Waals surface area contributed by atoms with Crippen LogP contribution in [0.3, 0.4) is 0 Å². The monoisotopic (exact) mass is 389 g/mol. The number of benzene rings is 1. The molecule has 2 amide bonds. The van der Waals surface area contributed by atoms with Gasteiger partial charge in [0, 0.05) is 33.1 Å². The van der Waals surface area contributed by atoms with Gasteiger partial charge in [0.25, 0.3) is 0 Å². The standard InChI is InChI=1S/C19H24FN5O3/c1-3-24(12-17-22-13(2)28-23-17)18(26)10-16-19(27)21-8-9-25(16)11-14-4-6-15(20)7-5-14/h4-7,16H,3,8-12H2,1-2H3,(H,21,27). The van der Waals surface area contributed by atoms with E-state index in [2.05, 4.69) is 15.5 Å². The predicted molar refractivity (Wildman–Crippen MR) is 98.4 cm³/mol. The summed E-state index contributed by atoms with van der Waals surface area (Å²) in [6, 6.07) is 5.60. The van der Waals surface area contributed by atoms with Gasteiger partial charge in [-0.15, -0.1) is 0 Å². The summed E-state index contributed by atoms with van der Waals surface area (Å²) in [7, 11) is 0. The Kier molecular flexibility index (Phi) is 6.35. The second-order valence-electron chi connectivity index (χ2n) is 6.75. The molecule has 150 valence electrons. The summed E-state index contributed by atoms with van der Waals surface area (Å²) in [5.41, 5.74) is 0.892. The number of nitrogens with one attached hydrogen (secondary N) is 1. The largest absolute Gasteiger partial charge is 0.353 e. The zero-order valence-electron chi connectivity index (χ0n) is 16.0. The van der Waals surface area contributed by atoms with Crippen molar-refractivity contribution in [1.82, 2.24) is 25.3 Å². The van der Waals surface area contributed by atoms with E-state index >= 15 is 0 Å². The van der Waals surface area contributed by atoms with Crippen molar-refractivity contribution < 1.29 is 18.5 Å². The van der Waals surface area contributed by atoms with Crippen LogP contribution in [-0.4, -0.2) is 57.4 Å². The first-order valence-corrected chi connectivity index (χ1v) is 9.29. The minimum atomic E-state index is -0.577. The van der Waals surface area contributed by atoms with Gasteiger partial charge in [0.05, 0.1) is 19.0 Å². The van der Waals surface area contributed by atoms with Crippen molar-refractivity contribution in [1.29, 1.82) is 0 Å². The molecule has 0 aliphatic carbocycles. The van der Waals surface area contributed by atoms with Gasteiger partial charge in [-0.2, -0.15) is 4.98 Å². The lowest BCUT2D eigenvalue weighted by Gasteiger charge is -2.35. The van der Waals surface area contributed by atoms with E-state index in [-0.39, 0.29) is 30.6 Å². The fraction of sp³-hybridized carbons (Fsp3) is 0.474. The van der Waals surface area contributed by atoms with Crippen LogP contribution in [0.1, 0.15) is 30.6 Å². The Bertz CT molecular complexity index is 823. The molecule has 1 saturated heterocycles. The Balaban J connectivity index is 1.67. The molecule has 1 atom stereocenters. The van der Waals surface area contributed by atoms with E-state index < -0.39 is 6.04 Å². The number of amides is 2. The van der Waals surface area contributed by atoms with Gasteiger partial charge in [-0.25, -0.2) is 4.39 Å². The molecular weight excluding hydrogens is 365 g/mol. The van der Waals surface area contributed by atoms with Crippen LogP contribution in [0.2, 0.25) is 0 Å². The number of halogens is 1. The fourth-order valence-corrected chi connectivity index (χ4v) is 3.24. The first-order valence-electron chi connectivity index (χ1n) is 9.29. The van der Waals surface area contributed by atoms with E-state index in [0.29, 0.717) is 37.9 Å². The predicted octanol–water partition coefficient (Wildman–Crippen LogP) is 1.26. The molecular formula is C19H24FN5O3. The highest BCUT2D eigenvalue weighted by Crippen LogP contribution is 2.16. The van der Waals surface area contributed by atoms with Crippen LogP contribution < -0.4 is 5.32 Å². The van der Waals surface area contributed by atoms with Crippen molar-refractivity contribution in [2.75, 3.05) is 19.6 Å². The second-order valence-corrected chi connectivity index (χ2v) is 6.75. The molecule has 1 N–H and O–H groups in total. The lowest BCUT2D eigenvalue weighted by molar-refractivity contribution is -0.139. The minimum Gasteiger partial charge on any atom is -0.353 e. The Morgan fingerprint density at radius 3 is 2.79 bits per heavy atom. The van der Waals surface area contributed by atoms with Crippen LogP contribution in [0, 0.1) is 12.7 Å². The van der Waals surface area contributed by atoms with Gasteiger partial charge < -0.3 is 14.7 Å². The first-order chi connectivity index (χ1) is 13.5. The van der Waals surface area contributed by atoms with Crippen LogP contribution in [0.25, 0.3) is 0 Å². The number of nitrogens with zero attached hydrogens (tertiary/aromatic N) is 4. The van der Waals surface area contributed by atoms with Crippen molar-refractivity contribution in [2.45, 2.75) is 39.4 Å². The van der Waals surface area contributed by atoms with E-state index in [1.54, 1.807) is 24.0 Å². The van der Waals surface area contributed by atoms with Crippen molar-refractivity contribution >= 4 is 11.8 Å². The Morgan fingerprint density at radius 2 is 2.14 bits per heavy atom. The van der Waals surface area contributed by atoms with Gasteiger partial charge in [-0.05, 0) is 24.6 Å². The third kappa shape index (κ3) is 4.92. The molecule has 0 spiro atoms. The summed E-state index contributed by atoms with van der Waals surface area (Å²) >= 11 is 0. The number of aryl methyl sites for hydroxylation is 1. The number of piperazine rings is 1. The van der Waals surface area contributed by atoms with Gasteiger partial charge in [0.15, 0.2) is 5.82 Å². The number of carbonyl (C=O) groups is 2. The number of hydrogen-bond donors (Lipinski definition) is 1. The van der Waals surface area contributed by atoms with Crippen LogP contribution in [0.4, 0.5) is 4.39 Å². The zero-order valence-corrected chi connectivity index (χ0v) is 16.0. The van der Waals surface area contributed by atoms with E-state index in [0.717, 1.165) is 5.56 Å². The highest BCUT2D eigenvalue weighted by molar-refractivity contribution is 5.88. The summed E-state index contributed by atoms with van der Waals surface area (Å²) in [6.45, 7) is 5.87. The van der Waals surface area contributed by atoms with E-state index in [9.17, 15) is 14.0 Å². The number of rotatable bonds is 7. The molecule has 8 nitrogen and oxygen atoms in total. The molecule has 9 heteroatoms. The smallest absolute Gasteiger partial charge is 0.237 e. The molecule has 1 aliphatic heterocycles. The second kappa shape index (κ2) is 8.92. The van der Waals surface area contributed by atoms with Crippen molar-refractivity contribution in [2.24, 2.45) is 0 Å². The van der Waals surface area contributed by atoms with Gasteiger partial charge >= 0.3 is 0 Å². The Hall–Kier alpha value is -2.81. The maximum Gasteiger partial charge on any atom is 0.237 e. The van der Waals surface area contributed by atoms with Crippen molar-refractivity contribution in [3.05, 3.63) is 47.4 Å². The summed E-state index contributed by atoms with van der Waals surface area (Å²) in [5, 5.41) is 6.65. The van der Waals surface area contributed by atoms with Crippen molar-refractivity contribution in [3.63, 3.8) is 0 Å². The molecule has 3 rings (SSSR count). The van der Waals surface area contributed by atoms with Crippen LogP contribution >= 0.6 is 0 Å². The highest BCUT2D eigenvalue weighted by Gasteiger charge is 2.33. The normalized spacial score (nSPS) is 17.4. The van der Waals surface area contributed by atoms with Crippen LogP contribution in [-0.2, 0) is 22.7 Å². The summed E-state index contributed by atoms with van der Waals surface area (Å²) < 4.78 is 18.1. The average Bonchev–Trinajstić information content (AvgIpc) is 3.09. The highest BCUT2D eigenvalue weighted by atomic mass is 19.1. The maximum absolute atomic E-state index is 13.1. The summed E-state index contributed by atoms with van der Waals surface area (Å²) in [4.78, 5) is 32.9. The zero-order chi connectivity index (χ0) is 20.1. The Labute approximate surface area is 162 Å². The Morgan fingerprint density at radius 1 is 1.39 bits per heavy atom. The average molecular weight is 389 g/mol. The molecule has 1 aromatic heterocycles. The topological polar surface area (TPSA) is 91.6 Å². The lowest BCUT2D eigenvalue weighted by Crippen LogP contribution is -2.56. The molecule has 1 fully saturated rings. The van der Waals surface area contributed by atoms with Gasteiger partial charge in [-0.3, -0.25) is 14.5 Å². The summed E-state index contributed by atoms with van der Waals surface area (Å²) in [6.07, 6.45) is 0.0533. The SMILES string of the molecule is CCN(Cc1noc(C)n1)C(=O)CC1C(=O)NCCN1Cc1ccc(F)cc1. The van der Waals surface area contributed by atoms with Gasteiger partial charge in [0.2, 0.25) is 17.7 Å². The molecule has 0 radical (unpaired) electrons. The van der Waals surface area contributed by atoms with E-state index in [1.807, 2.05) is 11.8 Å². The number of aromatic nitrogens is 2. The third-order valence-corrected chi connectivity index (χ3v) is 4.74. The first kappa shape index (κ1) is 19.9. The molecule has 2 heterocycles. The molecule has 1 unspecified atom stereocenters. The number of hydrogen-bond acceptors (Lipinski definition) is 6. The van der Waals surface area contributed by atoms with E-state index in [1.165, 1.54) is 12.1 Å². The van der Waals surface area contributed by atoms with Crippen LogP contribution in [0.15, 0.2) is 28.8 Å². The van der Waals surface area contributed by atoms with Gasteiger partial charge in [0.1, 0.15) is 5.82 Å². The number of carbonyl (C=O) groups excluding carboxylic acids is 2. The quantitative estimate of drug-likeness (QED) is 0.767. The third-order valence-electron chi connectivity index (χ3n) is 4.74. The maximum atomic E-state index is 13.1. The van der Waals surface area contributed by atoms with Crippen molar-refractivity contribution in [3.8, 4) is 0 Å². The van der Waals surface area contributed by atoms with Crippen LogP contribution in [0.5, 0.6) is 0 Å².